The molecule has 4 heteroatoms. The van der Waals surface area contributed by atoms with E-state index >= 15 is 0 Å². The quantitative estimate of drug-likeness (QED) is 0.723. The summed E-state index contributed by atoms with van der Waals surface area (Å²) in [4.78, 5) is 0. The first kappa shape index (κ1) is 15.4. The summed E-state index contributed by atoms with van der Waals surface area (Å²) >= 11 is 12.4. The van der Waals surface area contributed by atoms with Gasteiger partial charge in [-0.3, -0.25) is 0 Å². The van der Waals surface area contributed by atoms with Gasteiger partial charge in [0.2, 0.25) is 0 Å². The minimum atomic E-state index is 0.411. The molecule has 0 N–H and O–H groups in total. The minimum absolute atomic E-state index is 0.411. The molecule has 0 amide bonds. The largest absolute Gasteiger partial charge is 0.249 e. The molecule has 1 aromatic heterocycles. The van der Waals surface area contributed by atoms with E-state index in [1.165, 1.54) is 11.1 Å². The maximum Gasteiger partial charge on any atom is 0.132 e. The van der Waals surface area contributed by atoms with Crippen LogP contribution in [-0.4, -0.2) is 9.78 Å². The Balaban J connectivity index is 2.30. The Morgan fingerprint density at radius 1 is 1.30 bits per heavy atom. The van der Waals surface area contributed by atoms with Crippen LogP contribution in [-0.2, 0) is 18.8 Å². The van der Waals surface area contributed by atoms with E-state index in [-0.39, 0.29) is 0 Å². The lowest BCUT2D eigenvalue weighted by Gasteiger charge is -2.04. The molecule has 1 heterocycles. The highest BCUT2D eigenvalue weighted by Gasteiger charge is 2.16. The molecule has 0 aliphatic rings. The highest BCUT2D eigenvalue weighted by Crippen LogP contribution is 2.25. The molecular weight excluding hydrogens is 291 g/mol. The van der Waals surface area contributed by atoms with Crippen LogP contribution in [0.1, 0.15) is 36.2 Å². The van der Waals surface area contributed by atoms with E-state index in [2.05, 4.69) is 50.1 Å². The van der Waals surface area contributed by atoms with Crippen LogP contribution in [0.25, 0.3) is 0 Å². The van der Waals surface area contributed by atoms with E-state index in [1.807, 2.05) is 4.68 Å². The summed E-state index contributed by atoms with van der Waals surface area (Å²) in [6, 6.07) is 8.39. The number of rotatable bonds is 5. The summed E-state index contributed by atoms with van der Waals surface area (Å²) < 4.78 is 1.85. The average molecular weight is 311 g/mol. The van der Waals surface area contributed by atoms with Crippen molar-refractivity contribution in [2.75, 3.05) is 0 Å². The van der Waals surface area contributed by atoms with Crippen molar-refractivity contribution >= 4 is 23.2 Å². The van der Waals surface area contributed by atoms with Gasteiger partial charge in [-0.05, 0) is 24.8 Å². The van der Waals surface area contributed by atoms with Crippen LogP contribution in [0.4, 0.5) is 0 Å². The lowest BCUT2D eigenvalue weighted by atomic mass is 10.1. The first-order chi connectivity index (χ1) is 9.51. The zero-order valence-corrected chi connectivity index (χ0v) is 13.7. The summed E-state index contributed by atoms with van der Waals surface area (Å²) in [5.41, 5.74) is 4.43. The Kier molecular flexibility index (Phi) is 5.11. The Bertz CT molecular complexity index is 588. The second kappa shape index (κ2) is 6.64. The van der Waals surface area contributed by atoms with Gasteiger partial charge < -0.3 is 0 Å². The van der Waals surface area contributed by atoms with Gasteiger partial charge in [-0.1, -0.05) is 55.3 Å². The summed E-state index contributed by atoms with van der Waals surface area (Å²) in [6.45, 7) is 7.11. The maximum atomic E-state index is 6.42. The molecule has 0 aliphatic carbocycles. The molecule has 2 nitrogen and oxygen atoms in total. The number of nitrogens with zero attached hydrogens (tertiary/aromatic N) is 2. The van der Waals surface area contributed by atoms with Crippen LogP contribution in [0.5, 0.6) is 0 Å². The molecule has 0 spiro atoms. The van der Waals surface area contributed by atoms with Crippen molar-refractivity contribution < 1.29 is 0 Å². The van der Waals surface area contributed by atoms with Gasteiger partial charge in [0.15, 0.2) is 0 Å². The molecular formula is C16H20Cl2N2. The van der Waals surface area contributed by atoms with Crippen molar-refractivity contribution in [1.29, 1.82) is 0 Å². The molecule has 0 unspecified atom stereocenters. The lowest BCUT2D eigenvalue weighted by molar-refractivity contribution is 0.607. The third-order valence-electron chi connectivity index (χ3n) is 3.22. The SMILES string of the molecule is Cc1cccc(Cn2nc(CC(C)C)c(CCl)c2Cl)c1. The van der Waals surface area contributed by atoms with Crippen LogP contribution in [0.15, 0.2) is 24.3 Å². The van der Waals surface area contributed by atoms with E-state index in [1.54, 1.807) is 0 Å². The van der Waals surface area contributed by atoms with Gasteiger partial charge in [-0.2, -0.15) is 5.10 Å². The summed E-state index contributed by atoms with van der Waals surface area (Å²) in [5.74, 6) is 0.949. The molecule has 0 radical (unpaired) electrons. The number of aryl methyl sites for hydroxylation is 1. The highest BCUT2D eigenvalue weighted by atomic mass is 35.5. The third kappa shape index (κ3) is 3.56. The van der Waals surface area contributed by atoms with Crippen molar-refractivity contribution in [3.63, 3.8) is 0 Å². The summed E-state index contributed by atoms with van der Waals surface area (Å²) in [5, 5.41) is 5.31. The molecule has 108 valence electrons. The molecule has 0 saturated heterocycles. The van der Waals surface area contributed by atoms with Crippen LogP contribution in [0.3, 0.4) is 0 Å². The standard InChI is InChI=1S/C16H20Cl2N2/c1-11(2)7-15-14(9-17)16(18)20(19-15)10-13-6-4-5-12(3)8-13/h4-6,8,11H,7,9-10H2,1-3H3. The van der Waals surface area contributed by atoms with Crippen molar-refractivity contribution in [2.24, 2.45) is 5.92 Å². The van der Waals surface area contributed by atoms with Gasteiger partial charge >= 0.3 is 0 Å². The van der Waals surface area contributed by atoms with Crippen LogP contribution in [0.2, 0.25) is 5.15 Å². The molecule has 0 saturated carbocycles. The van der Waals surface area contributed by atoms with E-state index in [0.29, 0.717) is 23.5 Å². The zero-order valence-electron chi connectivity index (χ0n) is 12.2. The maximum absolute atomic E-state index is 6.42. The number of halogens is 2. The van der Waals surface area contributed by atoms with E-state index in [9.17, 15) is 0 Å². The number of benzene rings is 1. The molecule has 0 fully saturated rings. The van der Waals surface area contributed by atoms with Crippen LogP contribution < -0.4 is 0 Å². The molecule has 2 aromatic rings. The Morgan fingerprint density at radius 3 is 2.65 bits per heavy atom. The molecule has 0 atom stereocenters. The Hall–Kier alpha value is -0.990. The zero-order chi connectivity index (χ0) is 14.7. The normalized spacial score (nSPS) is 11.3. The molecule has 1 aromatic carbocycles. The summed E-state index contributed by atoms with van der Waals surface area (Å²) in [7, 11) is 0. The van der Waals surface area contributed by atoms with Crippen LogP contribution >= 0.6 is 23.2 Å². The Morgan fingerprint density at radius 2 is 2.05 bits per heavy atom. The van der Waals surface area contributed by atoms with Gasteiger partial charge in [0.1, 0.15) is 5.15 Å². The predicted molar refractivity (Wildman–Crippen MR) is 85.6 cm³/mol. The molecule has 20 heavy (non-hydrogen) atoms. The smallest absolute Gasteiger partial charge is 0.132 e. The summed E-state index contributed by atoms with van der Waals surface area (Å²) in [6.07, 6.45) is 0.905. The van der Waals surface area contributed by atoms with E-state index < -0.39 is 0 Å². The van der Waals surface area contributed by atoms with Crippen molar-refractivity contribution in [1.82, 2.24) is 9.78 Å². The monoisotopic (exact) mass is 310 g/mol. The molecule has 2 rings (SSSR count). The second-order valence-electron chi connectivity index (χ2n) is 5.59. The first-order valence-electron chi connectivity index (χ1n) is 6.86. The fourth-order valence-corrected chi connectivity index (χ4v) is 2.92. The van der Waals surface area contributed by atoms with Gasteiger partial charge in [0, 0.05) is 5.56 Å². The highest BCUT2D eigenvalue weighted by molar-refractivity contribution is 6.31. The lowest BCUT2D eigenvalue weighted by Crippen LogP contribution is -2.03. The van der Waals surface area contributed by atoms with E-state index in [4.69, 9.17) is 23.2 Å². The number of aromatic nitrogens is 2. The topological polar surface area (TPSA) is 17.8 Å². The number of hydrogen-bond acceptors (Lipinski definition) is 1. The van der Waals surface area contributed by atoms with E-state index in [0.717, 1.165) is 17.7 Å². The Labute approximate surface area is 130 Å². The number of hydrogen-bond donors (Lipinski definition) is 0. The third-order valence-corrected chi connectivity index (χ3v) is 3.91. The second-order valence-corrected chi connectivity index (χ2v) is 6.22. The number of alkyl halides is 1. The first-order valence-corrected chi connectivity index (χ1v) is 7.78. The van der Waals surface area contributed by atoms with Gasteiger partial charge in [-0.15, -0.1) is 11.6 Å². The van der Waals surface area contributed by atoms with Gasteiger partial charge in [0.05, 0.1) is 18.1 Å². The van der Waals surface area contributed by atoms with Gasteiger partial charge in [0.25, 0.3) is 0 Å². The van der Waals surface area contributed by atoms with Crippen molar-refractivity contribution in [2.45, 2.75) is 39.6 Å². The average Bonchev–Trinajstić information content (AvgIpc) is 2.64. The van der Waals surface area contributed by atoms with Crippen molar-refractivity contribution in [3.8, 4) is 0 Å². The fraction of sp³-hybridized carbons (Fsp3) is 0.438. The molecule has 0 aliphatic heterocycles. The fourth-order valence-electron chi connectivity index (χ4n) is 2.30. The van der Waals surface area contributed by atoms with Gasteiger partial charge in [-0.25, -0.2) is 4.68 Å². The van der Waals surface area contributed by atoms with Crippen LogP contribution in [0, 0.1) is 12.8 Å². The minimum Gasteiger partial charge on any atom is -0.249 e. The predicted octanol–water partition coefficient (Wildman–Crippen LogP) is 4.83. The van der Waals surface area contributed by atoms with Crippen molar-refractivity contribution in [3.05, 3.63) is 51.8 Å². The molecule has 0 bridgehead atoms.